The van der Waals surface area contributed by atoms with Crippen LogP contribution in [0.2, 0.25) is 0 Å². The van der Waals surface area contributed by atoms with Gasteiger partial charge in [-0.05, 0) is 43.3 Å². The molecule has 1 aromatic heterocycles. The average Bonchev–Trinajstić information content (AvgIpc) is 3.31. The highest BCUT2D eigenvalue weighted by Crippen LogP contribution is 2.43. The fraction of sp³-hybridized carbons (Fsp3) is 0.0909. The molecule has 0 saturated carbocycles. The van der Waals surface area contributed by atoms with E-state index in [4.69, 9.17) is 4.42 Å². The number of Topliss-reactive ketones (excluding diaryl/α,β-unsaturated/α-hetero) is 1. The summed E-state index contributed by atoms with van der Waals surface area (Å²) < 4.78 is 32.9. The molecule has 1 aliphatic rings. The number of non-ortho nitro benzene ring substituents is 1. The lowest BCUT2D eigenvalue weighted by Crippen LogP contribution is -2.29. The fourth-order valence-corrected chi connectivity index (χ4v) is 3.50. The van der Waals surface area contributed by atoms with Gasteiger partial charge in [-0.1, -0.05) is 0 Å². The van der Waals surface area contributed by atoms with Crippen LogP contribution in [-0.4, -0.2) is 21.7 Å². The van der Waals surface area contributed by atoms with Gasteiger partial charge in [0.25, 0.3) is 17.4 Å². The van der Waals surface area contributed by atoms with Crippen molar-refractivity contribution in [2.75, 3.05) is 4.90 Å². The van der Waals surface area contributed by atoms with Crippen LogP contribution in [0.1, 0.15) is 23.1 Å². The van der Waals surface area contributed by atoms with E-state index in [0.29, 0.717) is 5.76 Å². The molecular weight excluding hydrogens is 426 g/mol. The third-order valence-electron chi connectivity index (χ3n) is 5.01. The molecule has 1 amide bonds. The number of carbonyl (C=O) groups excluding carboxylic acids is 2. The van der Waals surface area contributed by atoms with Crippen molar-refractivity contribution in [3.63, 3.8) is 0 Å². The Bertz CT molecular complexity index is 1300. The molecule has 1 aliphatic heterocycles. The number of hydrogen-bond donors (Lipinski definition) is 1. The summed E-state index contributed by atoms with van der Waals surface area (Å²) in [5.41, 5.74) is -0.662. The summed E-state index contributed by atoms with van der Waals surface area (Å²) in [5.74, 6) is -4.57. The van der Waals surface area contributed by atoms with E-state index < -0.39 is 40.0 Å². The van der Waals surface area contributed by atoms with E-state index in [9.17, 15) is 33.6 Å². The molecule has 0 radical (unpaired) electrons. The molecule has 1 N–H and O–H groups in total. The SMILES string of the molecule is Cc1ccc(C2/C(=C(/O)c3ccc([N+](=O)[O-])cc3)C(=O)C(=O)N2c2ccc(F)c(F)c2)o1. The minimum Gasteiger partial charge on any atom is -0.507 e. The van der Waals surface area contributed by atoms with Crippen LogP contribution in [0, 0.1) is 28.7 Å². The van der Waals surface area contributed by atoms with E-state index in [-0.39, 0.29) is 28.3 Å². The lowest BCUT2D eigenvalue weighted by molar-refractivity contribution is -0.384. The van der Waals surface area contributed by atoms with Crippen molar-refractivity contribution in [3.8, 4) is 0 Å². The number of ketones is 1. The van der Waals surface area contributed by atoms with Crippen molar-refractivity contribution in [1.29, 1.82) is 0 Å². The van der Waals surface area contributed by atoms with Gasteiger partial charge in [-0.25, -0.2) is 8.78 Å². The molecule has 0 aliphatic carbocycles. The molecule has 1 atom stereocenters. The first-order valence-corrected chi connectivity index (χ1v) is 9.26. The van der Waals surface area contributed by atoms with Crippen LogP contribution >= 0.6 is 0 Å². The zero-order chi connectivity index (χ0) is 23.2. The van der Waals surface area contributed by atoms with Crippen molar-refractivity contribution >= 4 is 28.8 Å². The standard InChI is InChI=1S/C22H14F2N2O6/c1-11-2-9-17(32-11)19-18(20(27)12-3-5-13(6-4-12)26(30)31)21(28)22(29)25(19)14-7-8-15(23)16(24)10-14/h2-10,19,27H,1H3/b20-18-. The van der Waals surface area contributed by atoms with Gasteiger partial charge in [0.1, 0.15) is 23.3 Å². The third kappa shape index (κ3) is 3.41. The van der Waals surface area contributed by atoms with Crippen LogP contribution in [0.5, 0.6) is 0 Å². The molecule has 1 fully saturated rings. The number of aryl methyl sites for hydroxylation is 1. The maximum atomic E-state index is 13.9. The number of rotatable bonds is 4. The molecule has 10 heteroatoms. The Morgan fingerprint density at radius 3 is 2.31 bits per heavy atom. The molecule has 162 valence electrons. The molecule has 1 saturated heterocycles. The van der Waals surface area contributed by atoms with Crippen LogP contribution in [0.3, 0.4) is 0 Å². The number of hydrogen-bond acceptors (Lipinski definition) is 6. The summed E-state index contributed by atoms with van der Waals surface area (Å²) in [4.78, 5) is 36.9. The molecule has 0 bridgehead atoms. The number of halogens is 2. The van der Waals surface area contributed by atoms with Gasteiger partial charge in [0, 0.05) is 29.4 Å². The smallest absolute Gasteiger partial charge is 0.300 e. The molecule has 2 aromatic carbocycles. The summed E-state index contributed by atoms with van der Waals surface area (Å²) in [5, 5.41) is 21.8. The van der Waals surface area contributed by atoms with E-state index in [2.05, 4.69) is 0 Å². The first-order valence-electron chi connectivity index (χ1n) is 9.26. The molecule has 3 aromatic rings. The first-order chi connectivity index (χ1) is 15.2. The number of aliphatic hydroxyl groups is 1. The molecule has 0 spiro atoms. The lowest BCUT2D eigenvalue weighted by atomic mass is 9.99. The third-order valence-corrected chi connectivity index (χ3v) is 5.01. The number of anilines is 1. The number of benzene rings is 2. The zero-order valence-corrected chi connectivity index (χ0v) is 16.4. The van der Waals surface area contributed by atoms with Crippen molar-refractivity contribution in [2.24, 2.45) is 0 Å². The molecule has 1 unspecified atom stereocenters. The van der Waals surface area contributed by atoms with Crippen LogP contribution in [0.4, 0.5) is 20.2 Å². The molecule has 32 heavy (non-hydrogen) atoms. The van der Waals surface area contributed by atoms with Gasteiger partial charge in [0.2, 0.25) is 0 Å². The minimum absolute atomic E-state index is 0.0483. The summed E-state index contributed by atoms with van der Waals surface area (Å²) in [6, 6.07) is 9.20. The Morgan fingerprint density at radius 2 is 1.75 bits per heavy atom. The summed E-state index contributed by atoms with van der Waals surface area (Å²) in [6.07, 6.45) is 0. The number of nitro groups is 1. The van der Waals surface area contributed by atoms with Crippen molar-refractivity contribution in [2.45, 2.75) is 13.0 Å². The fourth-order valence-electron chi connectivity index (χ4n) is 3.50. The number of nitro benzene ring substituents is 1. The number of aliphatic hydroxyl groups excluding tert-OH is 1. The number of nitrogens with zero attached hydrogens (tertiary/aromatic N) is 2. The first kappa shape index (κ1) is 20.9. The molecular formula is C22H14F2N2O6. The van der Waals surface area contributed by atoms with Gasteiger partial charge in [0.15, 0.2) is 11.6 Å². The van der Waals surface area contributed by atoms with Crippen LogP contribution in [0.25, 0.3) is 5.76 Å². The second-order valence-corrected chi connectivity index (χ2v) is 7.02. The topological polar surface area (TPSA) is 114 Å². The Kier molecular flexibility index (Phi) is 5.05. The van der Waals surface area contributed by atoms with Gasteiger partial charge in [0.05, 0.1) is 10.5 Å². The number of amides is 1. The van der Waals surface area contributed by atoms with Crippen molar-refractivity contribution in [1.82, 2.24) is 0 Å². The largest absolute Gasteiger partial charge is 0.507 e. The van der Waals surface area contributed by atoms with E-state index in [1.54, 1.807) is 13.0 Å². The number of furan rings is 1. The predicted octanol–water partition coefficient (Wildman–Crippen LogP) is 4.40. The van der Waals surface area contributed by atoms with E-state index >= 15 is 0 Å². The predicted molar refractivity (Wildman–Crippen MR) is 108 cm³/mol. The van der Waals surface area contributed by atoms with Crippen LogP contribution in [0.15, 0.2) is 64.6 Å². The Labute approximate surface area is 179 Å². The average molecular weight is 440 g/mol. The van der Waals surface area contributed by atoms with E-state index in [1.165, 1.54) is 18.2 Å². The van der Waals surface area contributed by atoms with Crippen LogP contribution < -0.4 is 4.90 Å². The highest BCUT2D eigenvalue weighted by Gasteiger charge is 2.48. The zero-order valence-electron chi connectivity index (χ0n) is 16.4. The van der Waals surface area contributed by atoms with Gasteiger partial charge < -0.3 is 9.52 Å². The highest BCUT2D eigenvalue weighted by molar-refractivity contribution is 6.51. The van der Waals surface area contributed by atoms with Crippen molar-refractivity contribution in [3.05, 3.63) is 99.0 Å². The molecule has 4 rings (SSSR count). The number of carbonyl (C=O) groups is 2. The quantitative estimate of drug-likeness (QED) is 0.211. The summed E-state index contributed by atoms with van der Waals surface area (Å²) in [7, 11) is 0. The van der Waals surface area contributed by atoms with Gasteiger partial charge in [-0.3, -0.25) is 24.6 Å². The van der Waals surface area contributed by atoms with Gasteiger partial charge >= 0.3 is 0 Å². The van der Waals surface area contributed by atoms with Crippen molar-refractivity contribution < 1.29 is 32.8 Å². The van der Waals surface area contributed by atoms with E-state index in [1.807, 2.05) is 0 Å². The molecule has 2 heterocycles. The van der Waals surface area contributed by atoms with Gasteiger partial charge in [-0.2, -0.15) is 0 Å². The maximum absolute atomic E-state index is 13.9. The monoisotopic (exact) mass is 440 g/mol. The maximum Gasteiger partial charge on any atom is 0.300 e. The van der Waals surface area contributed by atoms with E-state index in [0.717, 1.165) is 35.2 Å². The van der Waals surface area contributed by atoms with Gasteiger partial charge in [-0.15, -0.1) is 0 Å². The summed E-state index contributed by atoms with van der Waals surface area (Å²) >= 11 is 0. The Morgan fingerprint density at radius 1 is 1.06 bits per heavy atom. The Balaban J connectivity index is 1.91. The van der Waals surface area contributed by atoms with Crippen LogP contribution in [-0.2, 0) is 9.59 Å². The second kappa shape index (κ2) is 7.73. The summed E-state index contributed by atoms with van der Waals surface area (Å²) in [6.45, 7) is 1.63. The highest BCUT2D eigenvalue weighted by atomic mass is 19.2. The Hall–Kier alpha value is -4.34. The minimum atomic E-state index is -1.27. The molecule has 8 nitrogen and oxygen atoms in total. The normalized spacial score (nSPS) is 17.7. The second-order valence-electron chi connectivity index (χ2n) is 7.02. The lowest BCUT2D eigenvalue weighted by Gasteiger charge is -2.23.